The van der Waals surface area contributed by atoms with Crippen molar-refractivity contribution < 1.29 is 5.11 Å². The Hall–Kier alpha value is -2.66. The van der Waals surface area contributed by atoms with Gasteiger partial charge in [-0.15, -0.1) is 0 Å². The molecule has 0 aliphatic carbocycles. The number of aliphatic hydroxyl groups excluding tert-OH is 1. The van der Waals surface area contributed by atoms with Crippen molar-refractivity contribution in [2.75, 3.05) is 0 Å². The van der Waals surface area contributed by atoms with Gasteiger partial charge in [-0.1, -0.05) is 12.1 Å². The van der Waals surface area contributed by atoms with Crippen LogP contribution in [0.3, 0.4) is 0 Å². The Morgan fingerprint density at radius 3 is 2.60 bits per heavy atom. The fourth-order valence-electron chi connectivity index (χ4n) is 2.37. The summed E-state index contributed by atoms with van der Waals surface area (Å²) >= 11 is 0. The summed E-state index contributed by atoms with van der Waals surface area (Å²) < 4.78 is 0. The topological polar surface area (TPSA) is 77.6 Å². The van der Waals surface area contributed by atoms with E-state index in [9.17, 15) is 0 Å². The van der Waals surface area contributed by atoms with Crippen molar-refractivity contribution in [1.29, 1.82) is 0 Å². The third-order valence-corrected chi connectivity index (χ3v) is 3.34. The lowest BCUT2D eigenvalue weighted by atomic mass is 10.2. The summed E-state index contributed by atoms with van der Waals surface area (Å²) in [6.07, 6.45) is 0. The summed E-state index contributed by atoms with van der Waals surface area (Å²) in [5.41, 5.74) is 4.69. The van der Waals surface area contributed by atoms with Crippen LogP contribution >= 0.6 is 0 Å². The van der Waals surface area contributed by atoms with Crippen molar-refractivity contribution in [3.8, 4) is 11.4 Å². The van der Waals surface area contributed by atoms with Gasteiger partial charge >= 0.3 is 0 Å². The maximum absolute atomic E-state index is 9.11. The van der Waals surface area contributed by atoms with Crippen LogP contribution in [0.4, 0.5) is 0 Å². The van der Waals surface area contributed by atoms with Gasteiger partial charge in [0.1, 0.15) is 18.3 Å². The molecule has 4 rings (SSSR count). The Labute approximate surface area is 114 Å². The molecule has 0 saturated heterocycles. The third kappa shape index (κ3) is 1.68. The first-order valence-electron chi connectivity index (χ1n) is 6.38. The van der Waals surface area contributed by atoms with E-state index in [0.29, 0.717) is 5.82 Å². The first-order chi connectivity index (χ1) is 9.83. The number of hydrogen-bond donors (Lipinski definition) is 3. The summed E-state index contributed by atoms with van der Waals surface area (Å²) in [5, 5.41) is 9.11. The molecule has 0 saturated carbocycles. The molecule has 4 aromatic rings. The van der Waals surface area contributed by atoms with Gasteiger partial charge in [0, 0.05) is 5.56 Å². The third-order valence-electron chi connectivity index (χ3n) is 3.34. The van der Waals surface area contributed by atoms with E-state index in [1.54, 1.807) is 0 Å². The van der Waals surface area contributed by atoms with E-state index in [2.05, 4.69) is 19.9 Å². The molecule has 0 unspecified atom stereocenters. The summed E-state index contributed by atoms with van der Waals surface area (Å²) in [5.74, 6) is 1.40. The predicted molar refractivity (Wildman–Crippen MR) is 77.1 cm³/mol. The monoisotopic (exact) mass is 264 g/mol. The number of hydrogen-bond acceptors (Lipinski definition) is 3. The molecule has 98 valence electrons. The molecule has 5 heteroatoms. The van der Waals surface area contributed by atoms with E-state index in [0.717, 1.165) is 33.5 Å². The normalized spacial score (nSPS) is 11.4. The van der Waals surface area contributed by atoms with Crippen molar-refractivity contribution in [1.82, 2.24) is 19.9 Å². The molecule has 0 fully saturated rings. The molecule has 0 amide bonds. The predicted octanol–water partition coefficient (Wildman–Crippen LogP) is 2.60. The number of imidazole rings is 2. The smallest absolute Gasteiger partial charge is 0.138 e. The van der Waals surface area contributed by atoms with Crippen LogP contribution in [0, 0.1) is 0 Å². The zero-order chi connectivity index (χ0) is 13.5. The quantitative estimate of drug-likeness (QED) is 0.520. The number of aliphatic hydroxyl groups is 1. The molecule has 2 heterocycles. The summed E-state index contributed by atoms with van der Waals surface area (Å²) in [4.78, 5) is 15.2. The number of nitrogens with zero attached hydrogens (tertiary/aromatic N) is 2. The van der Waals surface area contributed by atoms with Gasteiger partial charge in [0.05, 0.1) is 22.1 Å². The number of aromatic amines is 2. The van der Waals surface area contributed by atoms with Crippen LogP contribution in [0.15, 0.2) is 42.5 Å². The Balaban J connectivity index is 1.88. The molecule has 0 bridgehead atoms. The lowest BCUT2D eigenvalue weighted by Crippen LogP contribution is -1.83. The van der Waals surface area contributed by atoms with Gasteiger partial charge < -0.3 is 15.1 Å². The highest BCUT2D eigenvalue weighted by Crippen LogP contribution is 2.23. The maximum Gasteiger partial charge on any atom is 0.138 e. The fourth-order valence-corrected chi connectivity index (χ4v) is 2.37. The molecule has 0 aliphatic heterocycles. The van der Waals surface area contributed by atoms with E-state index in [1.165, 1.54) is 0 Å². The first kappa shape index (κ1) is 11.2. The summed E-state index contributed by atoms with van der Waals surface area (Å²) in [7, 11) is 0. The molecule has 5 nitrogen and oxygen atoms in total. The number of benzene rings is 2. The van der Waals surface area contributed by atoms with Gasteiger partial charge in [-0.3, -0.25) is 0 Å². The SMILES string of the molecule is OCc1nc2ccc(-c3nc4ccccc4[nH]3)cc2[nH]1. The highest BCUT2D eigenvalue weighted by molar-refractivity contribution is 5.84. The first-order valence-corrected chi connectivity index (χ1v) is 6.38. The number of para-hydroxylation sites is 2. The molecule has 0 atom stereocenters. The van der Waals surface area contributed by atoms with Gasteiger partial charge in [0.15, 0.2) is 0 Å². The second kappa shape index (κ2) is 4.18. The average Bonchev–Trinajstić information content (AvgIpc) is 3.09. The lowest BCUT2D eigenvalue weighted by molar-refractivity contribution is 0.273. The van der Waals surface area contributed by atoms with Crippen LogP contribution in [0.1, 0.15) is 5.82 Å². The lowest BCUT2D eigenvalue weighted by Gasteiger charge is -1.96. The van der Waals surface area contributed by atoms with Gasteiger partial charge in [-0.2, -0.15) is 0 Å². The molecule has 0 spiro atoms. The molecule has 20 heavy (non-hydrogen) atoms. The molecular weight excluding hydrogens is 252 g/mol. The largest absolute Gasteiger partial charge is 0.388 e. The summed E-state index contributed by atoms with van der Waals surface area (Å²) in [6.45, 7) is -0.0886. The van der Waals surface area contributed by atoms with Crippen molar-refractivity contribution >= 4 is 22.1 Å². The highest BCUT2D eigenvalue weighted by Gasteiger charge is 2.07. The maximum atomic E-state index is 9.11. The van der Waals surface area contributed by atoms with Crippen LogP contribution in [-0.4, -0.2) is 25.0 Å². The Morgan fingerprint density at radius 2 is 1.75 bits per heavy atom. The van der Waals surface area contributed by atoms with E-state index < -0.39 is 0 Å². The minimum atomic E-state index is -0.0886. The molecule has 0 radical (unpaired) electrons. The Morgan fingerprint density at radius 1 is 0.900 bits per heavy atom. The fraction of sp³-hybridized carbons (Fsp3) is 0.0667. The Bertz CT molecular complexity index is 873. The van der Waals surface area contributed by atoms with Crippen molar-refractivity contribution in [2.24, 2.45) is 0 Å². The van der Waals surface area contributed by atoms with E-state index in [-0.39, 0.29) is 6.61 Å². The van der Waals surface area contributed by atoms with Crippen molar-refractivity contribution in [3.05, 3.63) is 48.3 Å². The molecule has 3 N–H and O–H groups in total. The van der Waals surface area contributed by atoms with Gasteiger partial charge in [-0.25, -0.2) is 9.97 Å². The molecule has 2 aromatic carbocycles. The summed E-state index contributed by atoms with van der Waals surface area (Å²) in [6, 6.07) is 13.8. The van der Waals surface area contributed by atoms with Crippen LogP contribution in [0.2, 0.25) is 0 Å². The minimum absolute atomic E-state index is 0.0886. The van der Waals surface area contributed by atoms with E-state index in [1.807, 2.05) is 42.5 Å². The van der Waals surface area contributed by atoms with Crippen LogP contribution in [0.25, 0.3) is 33.5 Å². The van der Waals surface area contributed by atoms with E-state index >= 15 is 0 Å². The number of fused-ring (bicyclic) bond motifs is 2. The standard InChI is InChI=1S/C15H12N4O/c20-8-14-16-12-6-5-9(7-13(12)17-14)15-18-10-3-1-2-4-11(10)19-15/h1-7,20H,8H2,(H,16,17)(H,18,19). The number of nitrogens with one attached hydrogen (secondary N) is 2. The van der Waals surface area contributed by atoms with Crippen molar-refractivity contribution in [3.63, 3.8) is 0 Å². The zero-order valence-corrected chi connectivity index (χ0v) is 10.6. The number of rotatable bonds is 2. The molecule has 0 aliphatic rings. The number of aromatic nitrogens is 4. The van der Waals surface area contributed by atoms with Gasteiger partial charge in [0.2, 0.25) is 0 Å². The molecule has 2 aromatic heterocycles. The number of H-pyrrole nitrogens is 2. The van der Waals surface area contributed by atoms with Gasteiger partial charge in [-0.05, 0) is 30.3 Å². The second-order valence-corrected chi connectivity index (χ2v) is 4.68. The van der Waals surface area contributed by atoms with Crippen LogP contribution < -0.4 is 0 Å². The van der Waals surface area contributed by atoms with E-state index in [4.69, 9.17) is 5.11 Å². The second-order valence-electron chi connectivity index (χ2n) is 4.68. The Kier molecular flexibility index (Phi) is 2.34. The van der Waals surface area contributed by atoms with Crippen molar-refractivity contribution in [2.45, 2.75) is 6.61 Å². The van der Waals surface area contributed by atoms with Gasteiger partial charge in [0.25, 0.3) is 0 Å². The van der Waals surface area contributed by atoms with Crippen LogP contribution in [-0.2, 0) is 6.61 Å². The van der Waals surface area contributed by atoms with Crippen LogP contribution in [0.5, 0.6) is 0 Å². The molecular formula is C15H12N4O. The zero-order valence-electron chi connectivity index (χ0n) is 10.6. The average molecular weight is 264 g/mol. The highest BCUT2D eigenvalue weighted by atomic mass is 16.3. The minimum Gasteiger partial charge on any atom is -0.388 e.